The van der Waals surface area contributed by atoms with Crippen LogP contribution in [0.15, 0.2) is 48.8 Å². The van der Waals surface area contributed by atoms with Gasteiger partial charge in [-0.1, -0.05) is 18.2 Å². The van der Waals surface area contributed by atoms with Gasteiger partial charge in [-0.15, -0.1) is 0 Å². The summed E-state index contributed by atoms with van der Waals surface area (Å²) in [4.78, 5) is 19.9. The van der Waals surface area contributed by atoms with Gasteiger partial charge in [-0.05, 0) is 18.2 Å². The van der Waals surface area contributed by atoms with Gasteiger partial charge in [-0.25, -0.2) is 9.97 Å². The third-order valence-electron chi connectivity index (χ3n) is 3.55. The van der Waals surface area contributed by atoms with Crippen LogP contribution in [0.2, 0.25) is 0 Å². The maximum Gasteiger partial charge on any atom is 0.407 e. The fourth-order valence-corrected chi connectivity index (χ4v) is 2.56. The van der Waals surface area contributed by atoms with Crippen LogP contribution in [-0.2, 0) is 9.53 Å². The van der Waals surface area contributed by atoms with E-state index >= 15 is 0 Å². The van der Waals surface area contributed by atoms with Gasteiger partial charge in [0.05, 0.1) is 18.3 Å². The zero-order chi connectivity index (χ0) is 17.3. The topological polar surface area (TPSA) is 57.0 Å². The number of carbonyl (C=O) groups is 1. The molecule has 0 aliphatic carbocycles. The van der Waals surface area contributed by atoms with Gasteiger partial charge in [0.25, 0.3) is 0 Å². The second-order valence-corrected chi connectivity index (χ2v) is 5.01. The van der Waals surface area contributed by atoms with Crippen molar-refractivity contribution in [1.29, 1.82) is 0 Å². The van der Waals surface area contributed by atoms with E-state index in [4.69, 9.17) is 0 Å². The number of ether oxygens (including phenoxy) is 1. The first-order valence-electron chi connectivity index (χ1n) is 6.96. The van der Waals surface area contributed by atoms with E-state index in [2.05, 4.69) is 14.7 Å². The number of esters is 1. The Hall–Kier alpha value is -2.90. The van der Waals surface area contributed by atoms with Crippen molar-refractivity contribution < 1.29 is 22.7 Å². The Morgan fingerprint density at radius 3 is 2.46 bits per heavy atom. The van der Waals surface area contributed by atoms with Crippen molar-refractivity contribution in [2.75, 3.05) is 7.11 Å². The van der Waals surface area contributed by atoms with E-state index in [-0.39, 0.29) is 11.6 Å². The summed E-state index contributed by atoms with van der Waals surface area (Å²) in [6, 6.07) is 9.54. The zero-order valence-electron chi connectivity index (χ0n) is 12.5. The van der Waals surface area contributed by atoms with E-state index in [0.29, 0.717) is 10.9 Å². The molecular weight excluding hydrogens is 323 g/mol. The first kappa shape index (κ1) is 16.0. The molecular formula is C16H12F3N3O2. The SMILES string of the molecule is COC(=O)C(c1cc2ccccc2n1-c1ncccn1)C(F)(F)F. The van der Waals surface area contributed by atoms with Crippen LogP contribution >= 0.6 is 0 Å². The highest BCUT2D eigenvalue weighted by atomic mass is 19.4. The predicted molar refractivity (Wildman–Crippen MR) is 79.7 cm³/mol. The number of halogens is 3. The van der Waals surface area contributed by atoms with E-state index in [0.717, 1.165) is 7.11 Å². The van der Waals surface area contributed by atoms with Crippen molar-refractivity contribution in [3.8, 4) is 5.95 Å². The van der Waals surface area contributed by atoms with Gasteiger partial charge in [0.2, 0.25) is 5.95 Å². The monoisotopic (exact) mass is 335 g/mol. The maximum absolute atomic E-state index is 13.5. The van der Waals surface area contributed by atoms with Crippen LogP contribution < -0.4 is 0 Å². The summed E-state index contributed by atoms with van der Waals surface area (Å²) in [6.45, 7) is 0. The van der Waals surface area contributed by atoms with Gasteiger partial charge >= 0.3 is 12.1 Å². The second-order valence-electron chi connectivity index (χ2n) is 5.01. The molecule has 0 N–H and O–H groups in total. The number of aromatic nitrogens is 3. The summed E-state index contributed by atoms with van der Waals surface area (Å²) < 4.78 is 46.1. The van der Waals surface area contributed by atoms with Crippen molar-refractivity contribution in [3.63, 3.8) is 0 Å². The molecule has 124 valence electrons. The molecule has 0 bridgehead atoms. The molecule has 0 saturated heterocycles. The molecule has 0 fully saturated rings. The van der Waals surface area contributed by atoms with E-state index in [9.17, 15) is 18.0 Å². The molecule has 2 heterocycles. The number of carbonyl (C=O) groups excluding carboxylic acids is 1. The largest absolute Gasteiger partial charge is 0.468 e. The Labute approximate surface area is 134 Å². The minimum absolute atomic E-state index is 0.0480. The molecule has 8 heteroatoms. The highest BCUT2D eigenvalue weighted by Crippen LogP contribution is 2.39. The lowest BCUT2D eigenvalue weighted by Crippen LogP contribution is -2.31. The van der Waals surface area contributed by atoms with Crippen LogP contribution in [0.1, 0.15) is 11.6 Å². The second kappa shape index (κ2) is 5.95. The molecule has 0 aliphatic rings. The molecule has 0 spiro atoms. The van der Waals surface area contributed by atoms with Crippen molar-refractivity contribution >= 4 is 16.9 Å². The average Bonchev–Trinajstić information content (AvgIpc) is 2.92. The van der Waals surface area contributed by atoms with Crippen LogP contribution in [-0.4, -0.2) is 33.8 Å². The van der Waals surface area contributed by atoms with Gasteiger partial charge in [0, 0.05) is 17.8 Å². The molecule has 0 aliphatic heterocycles. The van der Waals surface area contributed by atoms with Gasteiger partial charge in [-0.3, -0.25) is 9.36 Å². The van der Waals surface area contributed by atoms with Crippen LogP contribution in [0, 0.1) is 0 Å². The molecule has 3 aromatic rings. The van der Waals surface area contributed by atoms with Gasteiger partial charge in [0.1, 0.15) is 0 Å². The van der Waals surface area contributed by atoms with Gasteiger partial charge < -0.3 is 4.74 Å². The number of hydrogen-bond acceptors (Lipinski definition) is 4. The van der Waals surface area contributed by atoms with E-state index in [1.807, 2.05) is 0 Å². The molecule has 24 heavy (non-hydrogen) atoms. The first-order valence-corrected chi connectivity index (χ1v) is 6.96. The van der Waals surface area contributed by atoms with Gasteiger partial charge in [-0.2, -0.15) is 13.2 Å². The summed E-state index contributed by atoms with van der Waals surface area (Å²) in [5.41, 5.74) is 0.179. The molecule has 0 radical (unpaired) electrons. The first-order chi connectivity index (χ1) is 11.4. The molecule has 1 atom stereocenters. The highest BCUT2D eigenvalue weighted by Gasteiger charge is 2.49. The maximum atomic E-state index is 13.5. The molecule has 3 rings (SSSR count). The normalized spacial score (nSPS) is 13.0. The third kappa shape index (κ3) is 2.70. The van der Waals surface area contributed by atoms with Gasteiger partial charge in [0.15, 0.2) is 5.92 Å². The Balaban J connectivity index is 2.33. The Morgan fingerprint density at radius 1 is 1.17 bits per heavy atom. The Morgan fingerprint density at radius 2 is 1.83 bits per heavy atom. The van der Waals surface area contributed by atoms with Crippen molar-refractivity contribution in [1.82, 2.24) is 14.5 Å². The lowest BCUT2D eigenvalue weighted by atomic mass is 10.1. The van der Waals surface area contributed by atoms with Crippen molar-refractivity contribution in [2.45, 2.75) is 12.1 Å². The number of benzene rings is 1. The molecule has 2 aromatic heterocycles. The number of hydrogen-bond donors (Lipinski definition) is 0. The standard InChI is InChI=1S/C16H12F3N3O2/c1-24-14(23)13(16(17,18)19)12-9-10-5-2-3-6-11(10)22(12)15-20-7-4-8-21-15/h2-9,13H,1H3. The minimum atomic E-state index is -4.81. The van der Waals surface area contributed by atoms with Crippen molar-refractivity contribution in [3.05, 3.63) is 54.5 Å². The summed E-state index contributed by atoms with van der Waals surface area (Å²) in [7, 11) is 0.924. The number of para-hydroxylation sites is 1. The fourth-order valence-electron chi connectivity index (χ4n) is 2.56. The number of rotatable bonds is 3. The minimum Gasteiger partial charge on any atom is -0.468 e. The molecule has 1 unspecified atom stereocenters. The third-order valence-corrected chi connectivity index (χ3v) is 3.55. The lowest BCUT2D eigenvalue weighted by Gasteiger charge is -2.19. The Kier molecular flexibility index (Phi) is 3.96. The molecule has 0 amide bonds. The summed E-state index contributed by atoms with van der Waals surface area (Å²) >= 11 is 0. The number of alkyl halides is 3. The van der Waals surface area contributed by atoms with E-state index in [1.165, 1.54) is 23.0 Å². The van der Waals surface area contributed by atoms with E-state index < -0.39 is 18.1 Å². The smallest absolute Gasteiger partial charge is 0.407 e. The average molecular weight is 335 g/mol. The summed E-state index contributed by atoms with van der Waals surface area (Å²) in [5, 5.41) is 0.540. The van der Waals surface area contributed by atoms with Crippen LogP contribution in [0.3, 0.4) is 0 Å². The van der Waals surface area contributed by atoms with Crippen LogP contribution in [0.4, 0.5) is 13.2 Å². The molecule has 5 nitrogen and oxygen atoms in total. The summed E-state index contributed by atoms with van der Waals surface area (Å²) in [5.74, 6) is -3.77. The van der Waals surface area contributed by atoms with E-state index in [1.54, 1.807) is 30.3 Å². The van der Waals surface area contributed by atoms with Crippen LogP contribution in [0.25, 0.3) is 16.9 Å². The molecule has 0 saturated carbocycles. The zero-order valence-corrected chi connectivity index (χ0v) is 12.5. The predicted octanol–water partition coefficient (Wildman–Crippen LogP) is 3.24. The number of methoxy groups -OCH3 is 1. The van der Waals surface area contributed by atoms with Crippen molar-refractivity contribution in [2.24, 2.45) is 0 Å². The lowest BCUT2D eigenvalue weighted by molar-refractivity contribution is -0.179. The summed E-state index contributed by atoms with van der Waals surface area (Å²) in [6.07, 6.45) is -1.97. The van der Waals surface area contributed by atoms with Crippen LogP contribution in [0.5, 0.6) is 0 Å². The fraction of sp³-hybridized carbons (Fsp3) is 0.188. The number of nitrogens with zero attached hydrogens (tertiary/aromatic N) is 3. The Bertz CT molecular complexity index is 875. The highest BCUT2D eigenvalue weighted by molar-refractivity contribution is 5.87. The quantitative estimate of drug-likeness (QED) is 0.690. The number of fused-ring (bicyclic) bond motifs is 1. The molecule has 1 aromatic carbocycles.